The summed E-state index contributed by atoms with van der Waals surface area (Å²) in [5.74, 6) is 6.23. The van der Waals surface area contributed by atoms with E-state index in [0.29, 0.717) is 22.9 Å². The van der Waals surface area contributed by atoms with Crippen LogP contribution in [-0.2, 0) is 4.74 Å². The maximum atomic E-state index is 7.03. The van der Waals surface area contributed by atoms with E-state index < -0.39 is 0 Å². The lowest BCUT2D eigenvalue weighted by Crippen LogP contribution is -2.57. The van der Waals surface area contributed by atoms with E-state index in [1.165, 1.54) is 70.6 Å². The maximum Gasteiger partial charge on any atom is 0.122 e. The minimum absolute atomic E-state index is 0.000316. The topological polar surface area (TPSA) is 21.3 Å². The second kappa shape index (κ2) is 6.47. The Kier molecular flexibility index (Phi) is 4.37. The average Bonchev–Trinajstić information content (AvgIpc) is 3.15. The molecule has 0 radical (unpaired) electrons. The largest absolute Gasteiger partial charge is 0.357 e. The fraction of sp³-hybridized carbons (Fsp3) is 1.00. The van der Waals surface area contributed by atoms with Crippen LogP contribution in [0.4, 0.5) is 0 Å². The van der Waals surface area contributed by atoms with Gasteiger partial charge < -0.3 is 4.74 Å². The van der Waals surface area contributed by atoms with Gasteiger partial charge in [-0.3, -0.25) is 5.32 Å². The molecule has 2 heteroatoms. The summed E-state index contributed by atoms with van der Waals surface area (Å²) in [5, 5.41) is 3.91. The quantitative estimate of drug-likeness (QED) is 0.509. The molecule has 1 N–H and O–H groups in total. The van der Waals surface area contributed by atoms with Crippen molar-refractivity contribution in [1.29, 1.82) is 0 Å². The number of hydrogen-bond acceptors (Lipinski definition) is 2. The van der Waals surface area contributed by atoms with Crippen molar-refractivity contribution in [2.24, 2.45) is 52.3 Å². The predicted molar refractivity (Wildman–Crippen MR) is 118 cm³/mol. The van der Waals surface area contributed by atoms with E-state index in [4.69, 9.17) is 4.74 Å². The monoisotopic (exact) mass is 399 g/mol. The molecule has 4 aliphatic carbocycles. The molecule has 6 aliphatic rings. The second-order valence-corrected chi connectivity index (χ2v) is 13.1. The zero-order chi connectivity index (χ0) is 20.0. The molecular weight excluding hydrogens is 354 g/mol. The van der Waals surface area contributed by atoms with Gasteiger partial charge in [0.2, 0.25) is 0 Å². The van der Waals surface area contributed by atoms with Crippen molar-refractivity contribution in [3.63, 3.8) is 0 Å². The van der Waals surface area contributed by atoms with E-state index in [0.717, 1.165) is 42.1 Å². The highest BCUT2D eigenvalue weighted by Crippen LogP contribution is 2.71. The first-order valence-electron chi connectivity index (χ1n) is 13.3. The van der Waals surface area contributed by atoms with Gasteiger partial charge in [-0.2, -0.15) is 0 Å². The summed E-state index contributed by atoms with van der Waals surface area (Å²) < 4.78 is 7.03. The molecule has 1 spiro atoms. The van der Waals surface area contributed by atoms with E-state index >= 15 is 0 Å². The first-order chi connectivity index (χ1) is 13.9. The van der Waals surface area contributed by atoms with Crippen LogP contribution in [0.3, 0.4) is 0 Å². The summed E-state index contributed by atoms with van der Waals surface area (Å²) in [6.07, 6.45) is 16.5. The number of nitrogens with one attached hydrogen (secondary N) is 1. The van der Waals surface area contributed by atoms with Gasteiger partial charge in [0.25, 0.3) is 0 Å². The molecule has 6 rings (SSSR count). The zero-order valence-corrected chi connectivity index (χ0v) is 19.5. The Morgan fingerprint density at radius 3 is 2.48 bits per heavy atom. The molecule has 4 saturated carbocycles. The number of rotatable bonds is 0. The molecule has 6 fully saturated rings. The van der Waals surface area contributed by atoms with Gasteiger partial charge >= 0.3 is 0 Å². The first-order valence-corrected chi connectivity index (χ1v) is 13.3. The van der Waals surface area contributed by atoms with E-state index in [1.807, 2.05) is 0 Å². The molecule has 2 aliphatic heterocycles. The highest BCUT2D eigenvalue weighted by molar-refractivity contribution is 5.16. The highest BCUT2D eigenvalue weighted by Gasteiger charge is 2.68. The lowest BCUT2D eigenvalue weighted by Gasteiger charge is -2.61. The van der Waals surface area contributed by atoms with Crippen LogP contribution in [0, 0.1) is 52.3 Å². The minimum Gasteiger partial charge on any atom is -0.357 e. The third-order valence-corrected chi connectivity index (χ3v) is 12.1. The van der Waals surface area contributed by atoms with Gasteiger partial charge in [-0.15, -0.1) is 0 Å². The molecular formula is C27H45NO. The normalized spacial score (nSPS) is 61.7. The first kappa shape index (κ1) is 19.6. The summed E-state index contributed by atoms with van der Waals surface area (Å²) in [6, 6.07) is 0. The van der Waals surface area contributed by atoms with E-state index in [-0.39, 0.29) is 5.72 Å². The van der Waals surface area contributed by atoms with Gasteiger partial charge in [-0.05, 0) is 104 Å². The third-order valence-electron chi connectivity index (χ3n) is 12.1. The second-order valence-electron chi connectivity index (χ2n) is 13.1. The number of piperidine rings is 1. The summed E-state index contributed by atoms with van der Waals surface area (Å²) in [7, 11) is 0. The van der Waals surface area contributed by atoms with Gasteiger partial charge in [0.15, 0.2) is 0 Å². The highest BCUT2D eigenvalue weighted by atomic mass is 16.5. The van der Waals surface area contributed by atoms with E-state index in [9.17, 15) is 0 Å². The van der Waals surface area contributed by atoms with Crippen LogP contribution in [-0.4, -0.2) is 18.4 Å². The molecule has 1 unspecified atom stereocenters. The van der Waals surface area contributed by atoms with Crippen LogP contribution >= 0.6 is 0 Å². The predicted octanol–water partition coefficient (Wildman–Crippen LogP) is 6.40. The summed E-state index contributed by atoms with van der Waals surface area (Å²) in [5.41, 5.74) is 1.19. The van der Waals surface area contributed by atoms with Gasteiger partial charge in [0, 0.05) is 12.5 Å². The van der Waals surface area contributed by atoms with Crippen LogP contribution in [0.25, 0.3) is 0 Å². The molecule has 29 heavy (non-hydrogen) atoms. The zero-order valence-electron chi connectivity index (χ0n) is 19.5. The third kappa shape index (κ3) is 2.54. The fourth-order valence-corrected chi connectivity index (χ4v) is 10.5. The van der Waals surface area contributed by atoms with Gasteiger partial charge in [-0.1, -0.05) is 40.5 Å². The summed E-state index contributed by atoms with van der Waals surface area (Å²) >= 11 is 0. The Hall–Kier alpha value is -0.0800. The molecule has 0 aromatic heterocycles. The molecule has 0 aromatic rings. The Morgan fingerprint density at radius 2 is 1.69 bits per heavy atom. The molecule has 11 atom stereocenters. The van der Waals surface area contributed by atoms with Crippen LogP contribution in [0.15, 0.2) is 0 Å². The smallest absolute Gasteiger partial charge is 0.122 e. The number of ether oxygens (including phenoxy) is 1. The lowest BCUT2D eigenvalue weighted by atomic mass is 9.44. The summed E-state index contributed by atoms with van der Waals surface area (Å²) in [6.45, 7) is 11.5. The Labute approximate surface area is 179 Å². The molecule has 2 saturated heterocycles. The molecule has 0 bridgehead atoms. The van der Waals surface area contributed by atoms with Crippen molar-refractivity contribution in [2.75, 3.05) is 6.54 Å². The lowest BCUT2D eigenvalue weighted by molar-refractivity contribution is -0.132. The Balaban J connectivity index is 1.27. The number of fused-ring (bicyclic) bond motifs is 7. The van der Waals surface area contributed by atoms with Crippen LogP contribution in [0.5, 0.6) is 0 Å². The SMILES string of the molecule is C[C@H]1CC[C@]2(NC1)O[C@H]1C[C@H]3C4CC[C@H]5CCCC[C@]5(C)[C@H]4CC[C@]3(C)[C@H]1[C@@H]2C. The van der Waals surface area contributed by atoms with Crippen LogP contribution in [0.1, 0.15) is 98.3 Å². The van der Waals surface area contributed by atoms with E-state index in [2.05, 4.69) is 33.0 Å². The molecule has 2 nitrogen and oxygen atoms in total. The molecule has 2 heterocycles. The average molecular weight is 400 g/mol. The fourth-order valence-electron chi connectivity index (χ4n) is 10.5. The van der Waals surface area contributed by atoms with Gasteiger partial charge in [0.05, 0.1) is 6.10 Å². The van der Waals surface area contributed by atoms with Crippen molar-refractivity contribution < 1.29 is 4.74 Å². The standard InChI is InChI=1S/C27H45NO/c1-17-10-14-27(28-16-17)18(2)24-23(29-27)15-22-20-9-8-19-7-5-6-12-25(19,3)21(20)11-13-26(22,24)4/h17-24,28H,5-16H2,1-4H3/t17-,18-,19+,20?,21-,22-,23-,24-,25-,26-,27-/m0/s1. The van der Waals surface area contributed by atoms with Gasteiger partial charge in [-0.25, -0.2) is 0 Å². The number of hydrogen-bond donors (Lipinski definition) is 1. The molecule has 164 valence electrons. The van der Waals surface area contributed by atoms with Crippen LogP contribution < -0.4 is 5.32 Å². The van der Waals surface area contributed by atoms with Crippen molar-refractivity contribution in [3.05, 3.63) is 0 Å². The van der Waals surface area contributed by atoms with Crippen molar-refractivity contribution in [1.82, 2.24) is 5.32 Å². The molecule has 0 amide bonds. The van der Waals surface area contributed by atoms with Crippen molar-refractivity contribution in [2.45, 2.75) is 110 Å². The van der Waals surface area contributed by atoms with Crippen LogP contribution in [0.2, 0.25) is 0 Å². The Bertz CT molecular complexity index is 653. The Morgan fingerprint density at radius 1 is 0.828 bits per heavy atom. The van der Waals surface area contributed by atoms with Crippen molar-refractivity contribution in [3.8, 4) is 0 Å². The minimum atomic E-state index is -0.000316. The summed E-state index contributed by atoms with van der Waals surface area (Å²) in [4.78, 5) is 0. The van der Waals surface area contributed by atoms with Gasteiger partial charge in [0.1, 0.15) is 5.72 Å². The van der Waals surface area contributed by atoms with E-state index in [1.54, 1.807) is 0 Å². The van der Waals surface area contributed by atoms with Crippen molar-refractivity contribution >= 4 is 0 Å². The maximum absolute atomic E-state index is 7.03. The molecule has 0 aromatic carbocycles.